The van der Waals surface area contributed by atoms with Crippen molar-refractivity contribution < 1.29 is 64.2 Å². The topological polar surface area (TPSA) is 229 Å². The average Bonchev–Trinajstić information content (AvgIpc) is 2.97. The van der Waals surface area contributed by atoms with Crippen LogP contribution in [0.25, 0.3) is 22.3 Å². The summed E-state index contributed by atoms with van der Waals surface area (Å²) in [4.78, 5) is 13.1. The van der Waals surface area contributed by atoms with Crippen molar-refractivity contribution in [3.05, 3.63) is 52.2 Å². The lowest BCUT2D eigenvalue weighted by atomic mass is 9.89. The predicted molar refractivity (Wildman–Crippen MR) is 142 cm³/mol. The highest BCUT2D eigenvalue weighted by molar-refractivity contribution is 5.89. The first-order valence-electron chi connectivity index (χ1n) is 13.1. The van der Waals surface area contributed by atoms with Gasteiger partial charge in [0.25, 0.3) is 0 Å². The summed E-state index contributed by atoms with van der Waals surface area (Å²) < 4.78 is 28.0. The van der Waals surface area contributed by atoms with Crippen LogP contribution in [-0.2, 0) is 14.2 Å². The molecule has 14 nitrogen and oxygen atoms in total. The van der Waals surface area contributed by atoms with Gasteiger partial charge in [-0.05, 0) is 31.2 Å². The summed E-state index contributed by atoms with van der Waals surface area (Å²) in [7, 11) is 1.49. The monoisotopic (exact) mass is 592 g/mol. The number of phenols is 2. The third kappa shape index (κ3) is 5.21. The van der Waals surface area contributed by atoms with Crippen LogP contribution in [0.5, 0.6) is 17.2 Å². The van der Waals surface area contributed by atoms with Crippen LogP contribution < -0.4 is 10.2 Å². The number of ether oxygens (including phenoxy) is 4. The van der Waals surface area contributed by atoms with Crippen LogP contribution in [0.4, 0.5) is 0 Å². The van der Waals surface area contributed by atoms with Gasteiger partial charge in [-0.3, -0.25) is 4.79 Å². The molecule has 42 heavy (non-hydrogen) atoms. The van der Waals surface area contributed by atoms with E-state index in [1.807, 2.05) is 0 Å². The molecule has 0 spiro atoms. The molecule has 228 valence electrons. The Balaban J connectivity index is 1.59. The van der Waals surface area contributed by atoms with Gasteiger partial charge in [-0.2, -0.15) is 0 Å². The number of rotatable bonds is 6. The second kappa shape index (κ2) is 11.8. The van der Waals surface area contributed by atoms with Crippen LogP contribution in [-0.4, -0.2) is 110 Å². The van der Waals surface area contributed by atoms with Gasteiger partial charge in [0.2, 0.25) is 0 Å². The Bertz CT molecular complexity index is 1470. The van der Waals surface area contributed by atoms with Crippen LogP contribution in [0.3, 0.4) is 0 Å². The Labute approximate surface area is 238 Å². The fourth-order valence-electron chi connectivity index (χ4n) is 5.26. The molecule has 1 aromatic heterocycles. The molecule has 10 atom stereocenters. The average molecular weight is 593 g/mol. The molecule has 0 saturated carbocycles. The number of phenolic OH excluding ortho intramolecular Hbond substituents is 2. The number of hydrogen-bond acceptors (Lipinski definition) is 14. The SMILES string of the molecule is COc1ccc(-c2cc(=O)c3c(O)cc(O)c([C@@H]4O[C@H](CO)[C@@H](O)[C@H](O[C@@H]5O[C@@H](C)[C@H](O)[C@@H](O)[C@H]5O)[C@H]4O)c3o2)cc1. The third-order valence-electron chi connectivity index (χ3n) is 7.62. The Hall–Kier alpha value is -3.31. The number of methoxy groups -OCH3 is 1. The van der Waals surface area contributed by atoms with Gasteiger partial charge in [0, 0.05) is 17.7 Å². The van der Waals surface area contributed by atoms with Gasteiger partial charge in [-0.15, -0.1) is 0 Å². The summed E-state index contributed by atoms with van der Waals surface area (Å²) in [5, 5.41) is 83.9. The zero-order valence-electron chi connectivity index (χ0n) is 22.5. The summed E-state index contributed by atoms with van der Waals surface area (Å²) >= 11 is 0. The minimum Gasteiger partial charge on any atom is -0.507 e. The van der Waals surface area contributed by atoms with E-state index >= 15 is 0 Å². The number of hydrogen-bond donors (Lipinski definition) is 8. The molecular weight excluding hydrogens is 560 g/mol. The number of aromatic hydroxyl groups is 2. The first kappa shape index (κ1) is 30.2. The Morgan fingerprint density at radius 1 is 0.857 bits per heavy atom. The van der Waals surface area contributed by atoms with E-state index in [-0.39, 0.29) is 22.3 Å². The van der Waals surface area contributed by atoms with Gasteiger partial charge in [0.1, 0.15) is 77.2 Å². The van der Waals surface area contributed by atoms with Gasteiger partial charge in [0.15, 0.2) is 17.3 Å². The molecule has 0 aliphatic carbocycles. The lowest BCUT2D eigenvalue weighted by Gasteiger charge is -2.46. The Kier molecular flexibility index (Phi) is 8.44. The highest BCUT2D eigenvalue weighted by Crippen LogP contribution is 2.44. The number of aliphatic hydroxyl groups excluding tert-OH is 6. The largest absolute Gasteiger partial charge is 0.507 e. The van der Waals surface area contributed by atoms with Gasteiger partial charge >= 0.3 is 0 Å². The molecule has 2 aliphatic rings. The molecule has 2 aliphatic heterocycles. The van der Waals surface area contributed by atoms with Crippen LogP contribution in [0.1, 0.15) is 18.6 Å². The quantitative estimate of drug-likeness (QED) is 0.176. The van der Waals surface area contributed by atoms with Gasteiger partial charge in [-0.25, -0.2) is 0 Å². The van der Waals surface area contributed by atoms with Gasteiger partial charge in [0.05, 0.1) is 25.4 Å². The maximum Gasteiger partial charge on any atom is 0.197 e. The molecule has 3 aromatic rings. The van der Waals surface area contributed by atoms with Crippen LogP contribution >= 0.6 is 0 Å². The fraction of sp³-hybridized carbons (Fsp3) is 0.464. The maximum atomic E-state index is 13.1. The Morgan fingerprint density at radius 3 is 2.19 bits per heavy atom. The van der Waals surface area contributed by atoms with Gasteiger partial charge < -0.3 is 64.2 Å². The molecular formula is C28H32O14. The van der Waals surface area contributed by atoms with E-state index in [2.05, 4.69) is 0 Å². The minimum atomic E-state index is -1.86. The van der Waals surface area contributed by atoms with Crippen molar-refractivity contribution in [2.45, 2.75) is 68.1 Å². The second-order valence-electron chi connectivity index (χ2n) is 10.3. The zero-order chi connectivity index (χ0) is 30.5. The van der Waals surface area contributed by atoms with Gasteiger partial charge in [-0.1, -0.05) is 0 Å². The van der Waals surface area contributed by atoms with Crippen molar-refractivity contribution in [1.82, 2.24) is 0 Å². The van der Waals surface area contributed by atoms with E-state index < -0.39 is 84.8 Å². The molecule has 14 heteroatoms. The normalized spacial score (nSPS) is 33.5. The van der Waals surface area contributed by atoms with E-state index in [4.69, 9.17) is 23.4 Å². The lowest BCUT2D eigenvalue weighted by molar-refractivity contribution is -0.338. The smallest absolute Gasteiger partial charge is 0.197 e. The Morgan fingerprint density at radius 2 is 1.55 bits per heavy atom. The molecule has 0 unspecified atom stereocenters. The van der Waals surface area contributed by atoms with E-state index in [0.29, 0.717) is 11.3 Å². The zero-order valence-corrected chi connectivity index (χ0v) is 22.5. The van der Waals surface area contributed by atoms with E-state index in [1.54, 1.807) is 24.3 Å². The highest BCUT2D eigenvalue weighted by atomic mass is 16.7. The molecule has 5 rings (SSSR count). The molecule has 0 amide bonds. The summed E-state index contributed by atoms with van der Waals surface area (Å²) in [6.45, 7) is 0.628. The van der Waals surface area contributed by atoms with E-state index in [0.717, 1.165) is 12.1 Å². The summed E-state index contributed by atoms with van der Waals surface area (Å²) in [5.41, 5.74) is -0.881. The summed E-state index contributed by atoms with van der Waals surface area (Å²) in [6, 6.07) is 8.48. The van der Waals surface area contributed by atoms with Crippen molar-refractivity contribution in [3.63, 3.8) is 0 Å². The lowest BCUT2D eigenvalue weighted by Crippen LogP contribution is -2.62. The molecule has 2 saturated heterocycles. The maximum absolute atomic E-state index is 13.1. The predicted octanol–water partition coefficient (Wildman–Crippen LogP) is -0.754. The van der Waals surface area contributed by atoms with Crippen LogP contribution in [0.2, 0.25) is 0 Å². The van der Waals surface area contributed by atoms with Crippen molar-refractivity contribution >= 4 is 11.0 Å². The number of aliphatic hydroxyl groups is 6. The van der Waals surface area contributed by atoms with Crippen molar-refractivity contribution in [2.24, 2.45) is 0 Å². The highest BCUT2D eigenvalue weighted by Gasteiger charge is 2.51. The number of fused-ring (bicyclic) bond motifs is 1. The molecule has 8 N–H and O–H groups in total. The summed E-state index contributed by atoms with van der Waals surface area (Å²) in [5.74, 6) is -0.677. The molecule has 2 fully saturated rings. The molecule has 0 radical (unpaired) electrons. The molecule has 0 bridgehead atoms. The summed E-state index contributed by atoms with van der Waals surface area (Å²) in [6.07, 6.45) is -15.8. The first-order chi connectivity index (χ1) is 20.0. The minimum absolute atomic E-state index is 0.0403. The number of benzene rings is 2. The molecule has 3 heterocycles. The van der Waals surface area contributed by atoms with Crippen molar-refractivity contribution in [3.8, 4) is 28.6 Å². The first-order valence-corrected chi connectivity index (χ1v) is 13.1. The standard InChI is InChI=1S/C28H32O14/c1-10-20(33)22(35)23(36)28(39-10)42-27-21(34)17(9-29)41-26(24(27)37)19-14(31)7-13(30)18-15(32)8-16(40-25(18)19)11-3-5-12(38-2)6-4-11/h3-8,10,17,20-24,26-31,33-37H,9H2,1-2H3/t10-,17+,20-,21+,22+,23+,24-,26-,27-,28-/m0/s1. The third-order valence-corrected chi connectivity index (χ3v) is 7.62. The van der Waals surface area contributed by atoms with Crippen LogP contribution in [0.15, 0.2) is 45.6 Å². The van der Waals surface area contributed by atoms with E-state index in [1.165, 1.54) is 14.0 Å². The van der Waals surface area contributed by atoms with Crippen molar-refractivity contribution in [2.75, 3.05) is 13.7 Å². The van der Waals surface area contributed by atoms with Crippen LogP contribution in [0, 0.1) is 0 Å². The second-order valence-corrected chi connectivity index (χ2v) is 10.3. The van der Waals surface area contributed by atoms with Crippen molar-refractivity contribution in [1.29, 1.82) is 0 Å². The molecule has 2 aromatic carbocycles. The van der Waals surface area contributed by atoms with E-state index in [9.17, 15) is 45.6 Å². The fourth-order valence-corrected chi connectivity index (χ4v) is 5.26.